The van der Waals surface area contributed by atoms with Crippen molar-refractivity contribution in [3.05, 3.63) is 70.1 Å². The number of carbonyl (C=O) groups is 1. The molecule has 0 bridgehead atoms. The summed E-state index contributed by atoms with van der Waals surface area (Å²) in [5.74, 6) is -0.0249. The molecule has 3 aromatic rings. The fourth-order valence-corrected chi connectivity index (χ4v) is 4.80. The summed E-state index contributed by atoms with van der Waals surface area (Å²) in [6, 6.07) is 16.7. The number of nitrogens with zero attached hydrogens (tertiary/aromatic N) is 4. The highest BCUT2D eigenvalue weighted by molar-refractivity contribution is 5.77. The number of para-hydroxylation sites is 2. The summed E-state index contributed by atoms with van der Waals surface area (Å²) in [5.41, 5.74) is 4.46. The Kier molecular flexibility index (Phi) is 7.63. The molecule has 7 nitrogen and oxygen atoms in total. The van der Waals surface area contributed by atoms with Gasteiger partial charge in [0.1, 0.15) is 5.69 Å². The third-order valence-electron chi connectivity index (χ3n) is 6.60. The maximum absolute atomic E-state index is 12.5. The van der Waals surface area contributed by atoms with Crippen molar-refractivity contribution in [2.45, 2.75) is 46.2 Å². The lowest BCUT2D eigenvalue weighted by atomic mass is 10.1. The lowest BCUT2D eigenvalue weighted by molar-refractivity contribution is -0.121. The Morgan fingerprint density at radius 3 is 2.71 bits per heavy atom. The minimum absolute atomic E-state index is 0.0249. The van der Waals surface area contributed by atoms with Crippen molar-refractivity contribution in [1.82, 2.24) is 19.8 Å². The molecule has 1 amide bonds. The van der Waals surface area contributed by atoms with Crippen molar-refractivity contribution in [3.63, 3.8) is 0 Å². The van der Waals surface area contributed by atoms with Crippen LogP contribution in [0, 0.1) is 13.8 Å². The molecular weight excluding hydrogens is 426 g/mol. The fraction of sp³-hybridized carbons (Fsp3) is 0.444. The maximum Gasteiger partial charge on any atom is 0.272 e. The Morgan fingerprint density at radius 2 is 1.91 bits per heavy atom. The minimum atomic E-state index is -0.134. The Morgan fingerprint density at radius 1 is 1.09 bits per heavy atom. The molecule has 2 aromatic carbocycles. The SMILES string of the molecule is Cc1cccc(N2CCN(CCCNC(=O)CCn3c(=O)c(C)nc4ccccc43)C[C@H]2C)c1. The lowest BCUT2D eigenvalue weighted by Gasteiger charge is -2.41. The van der Waals surface area contributed by atoms with Crippen molar-refractivity contribution in [2.24, 2.45) is 0 Å². The Hall–Kier alpha value is -3.19. The van der Waals surface area contributed by atoms with E-state index in [2.05, 4.69) is 58.2 Å². The van der Waals surface area contributed by atoms with Crippen molar-refractivity contribution in [2.75, 3.05) is 37.6 Å². The second-order valence-corrected chi connectivity index (χ2v) is 9.28. The molecular formula is C27H35N5O2. The summed E-state index contributed by atoms with van der Waals surface area (Å²) in [6.45, 7) is 11.2. The topological polar surface area (TPSA) is 70.5 Å². The highest BCUT2D eigenvalue weighted by Gasteiger charge is 2.23. The average Bonchev–Trinajstić information content (AvgIpc) is 2.82. The largest absolute Gasteiger partial charge is 0.366 e. The van der Waals surface area contributed by atoms with Gasteiger partial charge in [0.05, 0.1) is 11.0 Å². The minimum Gasteiger partial charge on any atom is -0.366 e. The highest BCUT2D eigenvalue weighted by atomic mass is 16.2. The van der Waals surface area contributed by atoms with E-state index < -0.39 is 0 Å². The van der Waals surface area contributed by atoms with E-state index in [0.29, 0.717) is 24.8 Å². The van der Waals surface area contributed by atoms with Crippen LogP contribution in [0.4, 0.5) is 5.69 Å². The summed E-state index contributed by atoms with van der Waals surface area (Å²) in [4.78, 5) is 34.3. The first-order chi connectivity index (χ1) is 16.4. The van der Waals surface area contributed by atoms with Gasteiger partial charge in [0.25, 0.3) is 5.56 Å². The van der Waals surface area contributed by atoms with Crippen LogP contribution >= 0.6 is 0 Å². The summed E-state index contributed by atoms with van der Waals surface area (Å²) in [5, 5.41) is 3.02. The van der Waals surface area contributed by atoms with Gasteiger partial charge in [-0.2, -0.15) is 0 Å². The third-order valence-corrected chi connectivity index (χ3v) is 6.60. The monoisotopic (exact) mass is 461 g/mol. The van der Waals surface area contributed by atoms with Gasteiger partial charge in [-0.1, -0.05) is 24.3 Å². The molecule has 0 unspecified atom stereocenters. The van der Waals surface area contributed by atoms with E-state index in [1.165, 1.54) is 11.3 Å². The molecule has 1 fully saturated rings. The van der Waals surface area contributed by atoms with Crippen LogP contribution in [0.25, 0.3) is 11.0 Å². The van der Waals surface area contributed by atoms with Crippen LogP contribution in [0.3, 0.4) is 0 Å². The molecule has 0 radical (unpaired) electrons. The zero-order chi connectivity index (χ0) is 24.1. The van der Waals surface area contributed by atoms with Gasteiger partial charge in [0.15, 0.2) is 0 Å². The third kappa shape index (κ3) is 5.65. The number of piperazine rings is 1. The number of nitrogens with one attached hydrogen (secondary N) is 1. The number of rotatable bonds is 8. The van der Waals surface area contributed by atoms with Crippen LogP contribution in [0.15, 0.2) is 53.3 Å². The van der Waals surface area contributed by atoms with E-state index in [1.807, 2.05) is 24.3 Å². The molecule has 0 aliphatic carbocycles. The molecule has 1 saturated heterocycles. The molecule has 34 heavy (non-hydrogen) atoms. The second-order valence-electron chi connectivity index (χ2n) is 9.28. The number of aryl methyl sites for hydroxylation is 3. The second kappa shape index (κ2) is 10.8. The van der Waals surface area contributed by atoms with E-state index in [9.17, 15) is 9.59 Å². The zero-order valence-electron chi connectivity index (χ0n) is 20.5. The molecule has 4 rings (SSSR count). The predicted molar refractivity (Wildman–Crippen MR) is 137 cm³/mol. The molecule has 0 spiro atoms. The van der Waals surface area contributed by atoms with Gasteiger partial charge in [-0.05, 0) is 63.6 Å². The Balaban J connectivity index is 1.20. The number of hydrogen-bond acceptors (Lipinski definition) is 5. The lowest BCUT2D eigenvalue weighted by Crippen LogP contribution is -2.52. The smallest absolute Gasteiger partial charge is 0.272 e. The number of carbonyl (C=O) groups excluding carboxylic acids is 1. The zero-order valence-corrected chi connectivity index (χ0v) is 20.5. The van der Waals surface area contributed by atoms with E-state index in [1.54, 1.807) is 11.5 Å². The van der Waals surface area contributed by atoms with Crippen LogP contribution < -0.4 is 15.8 Å². The van der Waals surface area contributed by atoms with Crippen molar-refractivity contribution in [3.8, 4) is 0 Å². The molecule has 7 heteroatoms. The van der Waals surface area contributed by atoms with E-state index in [4.69, 9.17) is 0 Å². The first-order valence-corrected chi connectivity index (χ1v) is 12.2. The van der Waals surface area contributed by atoms with Crippen molar-refractivity contribution in [1.29, 1.82) is 0 Å². The standard InChI is InChI=1S/C27H35N5O2/c1-20-8-6-9-23(18-20)31-17-16-30(19-21(31)2)14-7-13-28-26(33)12-15-32-25-11-5-4-10-24(25)29-22(3)27(32)34/h4-6,8-11,18,21H,7,12-17,19H2,1-3H3,(H,28,33)/t21-/m1/s1. The molecule has 180 valence electrons. The first kappa shape index (κ1) is 24.0. The molecule has 1 atom stereocenters. The molecule has 2 heterocycles. The summed E-state index contributed by atoms with van der Waals surface area (Å²) < 4.78 is 1.66. The summed E-state index contributed by atoms with van der Waals surface area (Å²) in [7, 11) is 0. The number of hydrogen-bond donors (Lipinski definition) is 1. The van der Waals surface area contributed by atoms with Crippen LogP contribution in [-0.4, -0.2) is 59.1 Å². The average molecular weight is 462 g/mol. The quantitative estimate of drug-likeness (QED) is 0.522. The molecule has 1 aromatic heterocycles. The van der Waals surface area contributed by atoms with Gasteiger partial charge in [0.2, 0.25) is 5.91 Å². The van der Waals surface area contributed by atoms with Gasteiger partial charge in [0, 0.05) is 50.9 Å². The van der Waals surface area contributed by atoms with Crippen LogP contribution in [0.2, 0.25) is 0 Å². The predicted octanol–water partition coefficient (Wildman–Crippen LogP) is 3.12. The molecule has 1 N–H and O–H groups in total. The number of amides is 1. The highest BCUT2D eigenvalue weighted by Crippen LogP contribution is 2.21. The summed E-state index contributed by atoms with van der Waals surface area (Å²) >= 11 is 0. The number of benzene rings is 2. The fourth-order valence-electron chi connectivity index (χ4n) is 4.80. The number of anilines is 1. The molecule has 0 saturated carbocycles. The molecule has 1 aliphatic rings. The van der Waals surface area contributed by atoms with Crippen molar-refractivity contribution >= 4 is 22.6 Å². The normalized spacial score (nSPS) is 16.7. The Labute approximate surface area is 201 Å². The number of aromatic nitrogens is 2. The first-order valence-electron chi connectivity index (χ1n) is 12.2. The van der Waals surface area contributed by atoms with Crippen LogP contribution in [0.1, 0.15) is 31.0 Å². The Bertz CT molecular complexity index is 1210. The molecule has 1 aliphatic heterocycles. The van der Waals surface area contributed by atoms with Crippen LogP contribution in [-0.2, 0) is 11.3 Å². The van der Waals surface area contributed by atoms with Crippen LogP contribution in [0.5, 0.6) is 0 Å². The van der Waals surface area contributed by atoms with E-state index in [0.717, 1.165) is 43.6 Å². The van der Waals surface area contributed by atoms with Gasteiger partial charge in [-0.15, -0.1) is 0 Å². The maximum atomic E-state index is 12.5. The van der Waals surface area contributed by atoms with Gasteiger partial charge in [-0.25, -0.2) is 4.98 Å². The van der Waals surface area contributed by atoms with E-state index in [-0.39, 0.29) is 17.9 Å². The number of fused-ring (bicyclic) bond motifs is 1. The van der Waals surface area contributed by atoms with Gasteiger partial charge in [-0.3, -0.25) is 14.5 Å². The van der Waals surface area contributed by atoms with Gasteiger partial charge < -0.3 is 14.8 Å². The summed E-state index contributed by atoms with van der Waals surface area (Å²) in [6.07, 6.45) is 1.19. The van der Waals surface area contributed by atoms with Gasteiger partial charge >= 0.3 is 0 Å². The van der Waals surface area contributed by atoms with Crippen molar-refractivity contribution < 1.29 is 4.79 Å². The van der Waals surface area contributed by atoms with E-state index >= 15 is 0 Å².